The topological polar surface area (TPSA) is 38.8 Å². The van der Waals surface area contributed by atoms with Gasteiger partial charge in [0.2, 0.25) is 5.91 Å². The van der Waals surface area contributed by atoms with Crippen LogP contribution in [0.3, 0.4) is 0 Å². The molecule has 0 aliphatic carbocycles. The second-order valence-corrected chi connectivity index (χ2v) is 7.73. The number of thioether (sulfide) groups is 1. The standard InChI is InChI=1S/C20H24BrNO3S/c1-5-22(12-15-6-8-17(24-3)18(11-15)25-4)20(23)13-26-19-9-7-16(21)10-14(19)2/h6-11H,5,12-13H2,1-4H3. The Kier molecular flexibility index (Phi) is 7.85. The summed E-state index contributed by atoms with van der Waals surface area (Å²) in [6, 6.07) is 11.9. The summed E-state index contributed by atoms with van der Waals surface area (Å²) in [5, 5.41) is 0. The first-order chi connectivity index (χ1) is 12.5. The number of halogens is 1. The fraction of sp³-hybridized carbons (Fsp3) is 0.350. The van der Waals surface area contributed by atoms with Gasteiger partial charge in [0.1, 0.15) is 0 Å². The molecule has 0 aliphatic rings. The second kappa shape index (κ2) is 9.88. The van der Waals surface area contributed by atoms with Gasteiger partial charge in [-0.15, -0.1) is 11.8 Å². The minimum atomic E-state index is 0.120. The number of methoxy groups -OCH3 is 2. The quantitative estimate of drug-likeness (QED) is 0.549. The van der Waals surface area contributed by atoms with E-state index in [4.69, 9.17) is 9.47 Å². The highest BCUT2D eigenvalue weighted by atomic mass is 79.9. The van der Waals surface area contributed by atoms with Crippen molar-refractivity contribution in [1.82, 2.24) is 4.90 Å². The summed E-state index contributed by atoms with van der Waals surface area (Å²) in [5.41, 5.74) is 2.18. The first-order valence-corrected chi connectivity index (χ1v) is 10.1. The summed E-state index contributed by atoms with van der Waals surface area (Å²) in [4.78, 5) is 15.6. The Labute approximate surface area is 168 Å². The first kappa shape index (κ1) is 20.6. The summed E-state index contributed by atoms with van der Waals surface area (Å²) in [7, 11) is 3.22. The molecule has 0 saturated carbocycles. The van der Waals surface area contributed by atoms with Crippen LogP contribution in [0, 0.1) is 6.92 Å². The van der Waals surface area contributed by atoms with Crippen LogP contribution in [0.15, 0.2) is 45.8 Å². The molecule has 0 unspecified atom stereocenters. The Bertz CT molecular complexity index is 767. The largest absolute Gasteiger partial charge is 0.493 e. The maximum atomic E-state index is 12.6. The predicted octanol–water partition coefficient (Wildman–Crippen LogP) is 4.92. The summed E-state index contributed by atoms with van der Waals surface area (Å²) < 4.78 is 11.7. The molecule has 0 heterocycles. The summed E-state index contributed by atoms with van der Waals surface area (Å²) >= 11 is 5.04. The van der Waals surface area contributed by atoms with Crippen LogP contribution in [-0.2, 0) is 11.3 Å². The number of rotatable bonds is 8. The molecule has 0 aliphatic heterocycles. The van der Waals surface area contributed by atoms with Gasteiger partial charge in [-0.25, -0.2) is 0 Å². The zero-order chi connectivity index (χ0) is 19.1. The van der Waals surface area contributed by atoms with Gasteiger partial charge in [-0.3, -0.25) is 4.79 Å². The minimum Gasteiger partial charge on any atom is -0.493 e. The fourth-order valence-corrected chi connectivity index (χ4v) is 3.97. The van der Waals surface area contributed by atoms with Gasteiger partial charge in [0.15, 0.2) is 11.5 Å². The second-order valence-electron chi connectivity index (χ2n) is 5.80. The number of aryl methyl sites for hydroxylation is 1. The van der Waals surface area contributed by atoms with Crippen molar-refractivity contribution in [3.05, 3.63) is 52.0 Å². The van der Waals surface area contributed by atoms with Gasteiger partial charge in [0.25, 0.3) is 0 Å². The number of benzene rings is 2. The van der Waals surface area contributed by atoms with Crippen LogP contribution in [0.25, 0.3) is 0 Å². The van der Waals surface area contributed by atoms with Gasteiger partial charge >= 0.3 is 0 Å². The molecule has 0 saturated heterocycles. The van der Waals surface area contributed by atoms with Crippen molar-refractivity contribution in [2.24, 2.45) is 0 Å². The van der Waals surface area contributed by atoms with E-state index in [9.17, 15) is 4.79 Å². The third-order valence-corrected chi connectivity index (χ3v) is 5.70. The molecule has 1 amide bonds. The minimum absolute atomic E-state index is 0.120. The molecule has 6 heteroatoms. The Morgan fingerprint density at radius 2 is 1.85 bits per heavy atom. The molecule has 0 aromatic heterocycles. The lowest BCUT2D eigenvalue weighted by molar-refractivity contribution is -0.128. The maximum absolute atomic E-state index is 12.6. The summed E-state index contributed by atoms with van der Waals surface area (Å²) in [6.45, 7) is 5.26. The molecular weight excluding hydrogens is 414 g/mol. The molecule has 4 nitrogen and oxygen atoms in total. The van der Waals surface area contributed by atoms with Crippen molar-refractivity contribution >= 4 is 33.6 Å². The van der Waals surface area contributed by atoms with Crippen LogP contribution in [-0.4, -0.2) is 37.3 Å². The number of hydrogen-bond donors (Lipinski definition) is 0. The highest BCUT2D eigenvalue weighted by Crippen LogP contribution is 2.29. The lowest BCUT2D eigenvalue weighted by atomic mass is 10.2. The molecular formula is C20H24BrNO3S. The van der Waals surface area contributed by atoms with E-state index >= 15 is 0 Å². The number of carbonyl (C=O) groups is 1. The van der Waals surface area contributed by atoms with Gasteiger partial charge in [-0.05, 0) is 55.3 Å². The molecule has 2 aromatic carbocycles. The van der Waals surface area contributed by atoms with Crippen LogP contribution in [0.5, 0.6) is 11.5 Å². The van der Waals surface area contributed by atoms with Gasteiger partial charge in [0.05, 0.1) is 20.0 Å². The summed E-state index contributed by atoms with van der Waals surface area (Å²) in [6.07, 6.45) is 0. The third-order valence-electron chi connectivity index (χ3n) is 4.04. The Morgan fingerprint density at radius 1 is 1.12 bits per heavy atom. The summed E-state index contributed by atoms with van der Waals surface area (Å²) in [5.74, 6) is 1.90. The van der Waals surface area contributed by atoms with Gasteiger partial charge < -0.3 is 14.4 Å². The first-order valence-electron chi connectivity index (χ1n) is 8.36. The van der Waals surface area contributed by atoms with Crippen LogP contribution >= 0.6 is 27.7 Å². The molecule has 0 spiro atoms. The monoisotopic (exact) mass is 437 g/mol. The van der Waals surface area contributed by atoms with Gasteiger partial charge in [-0.2, -0.15) is 0 Å². The molecule has 0 N–H and O–H groups in total. The third kappa shape index (κ3) is 5.42. The van der Waals surface area contributed by atoms with E-state index in [1.165, 1.54) is 5.56 Å². The highest BCUT2D eigenvalue weighted by Gasteiger charge is 2.14. The SMILES string of the molecule is CCN(Cc1ccc(OC)c(OC)c1)C(=O)CSc1ccc(Br)cc1C. The number of amides is 1. The molecule has 26 heavy (non-hydrogen) atoms. The molecule has 2 rings (SSSR count). The average molecular weight is 438 g/mol. The average Bonchev–Trinajstić information content (AvgIpc) is 2.64. The number of hydrogen-bond acceptors (Lipinski definition) is 4. The lowest BCUT2D eigenvalue weighted by Crippen LogP contribution is -2.31. The molecule has 140 valence electrons. The fourth-order valence-electron chi connectivity index (χ4n) is 2.58. The molecule has 0 atom stereocenters. The van der Waals surface area contributed by atoms with E-state index in [0.717, 1.165) is 14.9 Å². The van der Waals surface area contributed by atoms with E-state index in [1.807, 2.05) is 42.2 Å². The maximum Gasteiger partial charge on any atom is 0.233 e. The highest BCUT2D eigenvalue weighted by molar-refractivity contribution is 9.10. The zero-order valence-electron chi connectivity index (χ0n) is 15.5. The normalized spacial score (nSPS) is 10.5. The van der Waals surface area contributed by atoms with Crippen LogP contribution in [0.4, 0.5) is 0 Å². The molecule has 0 radical (unpaired) electrons. The molecule has 0 bridgehead atoms. The number of nitrogens with zero attached hydrogens (tertiary/aromatic N) is 1. The molecule has 2 aromatic rings. The van der Waals surface area contributed by atoms with Crippen LogP contribution in [0.2, 0.25) is 0 Å². The Hall–Kier alpha value is -1.66. The Morgan fingerprint density at radius 3 is 2.46 bits per heavy atom. The van der Waals surface area contributed by atoms with Crippen molar-refractivity contribution in [3.8, 4) is 11.5 Å². The van der Waals surface area contributed by atoms with E-state index in [0.29, 0.717) is 30.3 Å². The van der Waals surface area contributed by atoms with Gasteiger partial charge in [-0.1, -0.05) is 22.0 Å². The van der Waals surface area contributed by atoms with Gasteiger partial charge in [0, 0.05) is 22.5 Å². The lowest BCUT2D eigenvalue weighted by Gasteiger charge is -2.21. The van der Waals surface area contributed by atoms with Crippen molar-refractivity contribution in [3.63, 3.8) is 0 Å². The van der Waals surface area contributed by atoms with Crippen molar-refractivity contribution in [1.29, 1.82) is 0 Å². The number of ether oxygens (including phenoxy) is 2. The van der Waals surface area contributed by atoms with E-state index < -0.39 is 0 Å². The zero-order valence-corrected chi connectivity index (χ0v) is 17.9. The van der Waals surface area contributed by atoms with Crippen molar-refractivity contribution in [2.45, 2.75) is 25.3 Å². The molecule has 0 fully saturated rings. The van der Waals surface area contributed by atoms with Crippen LogP contribution in [0.1, 0.15) is 18.1 Å². The predicted molar refractivity (Wildman–Crippen MR) is 110 cm³/mol. The van der Waals surface area contributed by atoms with Crippen LogP contribution < -0.4 is 9.47 Å². The van der Waals surface area contributed by atoms with Crippen molar-refractivity contribution < 1.29 is 14.3 Å². The number of carbonyl (C=O) groups excluding carboxylic acids is 1. The van der Waals surface area contributed by atoms with E-state index in [2.05, 4.69) is 28.9 Å². The Balaban J connectivity index is 2.02. The van der Waals surface area contributed by atoms with E-state index in [1.54, 1.807) is 26.0 Å². The smallest absolute Gasteiger partial charge is 0.233 e. The van der Waals surface area contributed by atoms with Crippen molar-refractivity contribution in [2.75, 3.05) is 26.5 Å². The van der Waals surface area contributed by atoms with E-state index in [-0.39, 0.29) is 5.91 Å².